The maximum Gasteiger partial charge on any atom is 0.191 e. The molecule has 0 radical (unpaired) electrons. The topological polar surface area (TPSA) is 61.6 Å². The van der Waals surface area contributed by atoms with E-state index in [-0.39, 0.29) is 24.0 Å². The Bertz CT molecular complexity index is 413. The van der Waals surface area contributed by atoms with E-state index < -0.39 is 5.60 Å². The molecular weight excluding hydrogens is 379 g/mol. The van der Waals surface area contributed by atoms with Crippen molar-refractivity contribution in [1.29, 1.82) is 0 Å². The Morgan fingerprint density at radius 1 is 1.24 bits per heavy atom. The van der Waals surface area contributed by atoms with Crippen LogP contribution in [0.4, 0.5) is 0 Å². The zero-order chi connectivity index (χ0) is 14.3. The molecule has 2 rings (SSSR count). The van der Waals surface area contributed by atoms with Crippen molar-refractivity contribution in [2.75, 3.05) is 19.6 Å². The fourth-order valence-electron chi connectivity index (χ4n) is 2.58. The monoisotopic (exact) mass is 406 g/mol. The van der Waals surface area contributed by atoms with E-state index in [0.717, 1.165) is 51.3 Å². The molecule has 3 N–H and O–H groups in total. The van der Waals surface area contributed by atoms with Crippen molar-refractivity contribution in [3.63, 3.8) is 0 Å². The van der Waals surface area contributed by atoms with E-state index in [1.807, 2.05) is 31.5 Å². The van der Waals surface area contributed by atoms with Crippen LogP contribution in [0.1, 0.15) is 32.6 Å². The van der Waals surface area contributed by atoms with Gasteiger partial charge in [0.2, 0.25) is 0 Å². The van der Waals surface area contributed by atoms with Gasteiger partial charge in [-0.3, -0.25) is 4.99 Å². The fraction of sp³-hybridized carbons (Fsp3) is 0.667. The zero-order valence-electron chi connectivity index (χ0n) is 12.7. The summed E-state index contributed by atoms with van der Waals surface area (Å²) < 4.78 is 2.13. The summed E-state index contributed by atoms with van der Waals surface area (Å²) in [5.41, 5.74) is -0.581. The van der Waals surface area contributed by atoms with Crippen molar-refractivity contribution >= 4 is 29.9 Å². The first-order valence-corrected chi connectivity index (χ1v) is 7.57. The number of hydrogen-bond acceptors (Lipinski definition) is 2. The first-order valence-electron chi connectivity index (χ1n) is 7.57. The minimum absolute atomic E-state index is 0. The Hall–Kier alpha value is -0.760. The third kappa shape index (κ3) is 6.25. The Morgan fingerprint density at radius 3 is 2.52 bits per heavy atom. The van der Waals surface area contributed by atoms with Crippen LogP contribution in [0, 0.1) is 0 Å². The highest BCUT2D eigenvalue weighted by molar-refractivity contribution is 14.0. The molecular formula is C15H27IN4O. The second kappa shape index (κ2) is 9.30. The van der Waals surface area contributed by atoms with Gasteiger partial charge in [0.25, 0.3) is 0 Å². The molecule has 0 aliphatic heterocycles. The van der Waals surface area contributed by atoms with Gasteiger partial charge >= 0.3 is 0 Å². The average molecular weight is 406 g/mol. The summed E-state index contributed by atoms with van der Waals surface area (Å²) in [6, 6.07) is 4.05. The first kappa shape index (κ1) is 18.3. The van der Waals surface area contributed by atoms with Gasteiger partial charge in [0.1, 0.15) is 0 Å². The van der Waals surface area contributed by atoms with Gasteiger partial charge in [0.15, 0.2) is 5.96 Å². The van der Waals surface area contributed by atoms with Gasteiger partial charge in [0, 0.05) is 32.0 Å². The molecule has 1 aliphatic rings. The Labute approximate surface area is 144 Å². The lowest BCUT2D eigenvalue weighted by atomic mass is 10.0. The molecule has 0 spiro atoms. The zero-order valence-corrected chi connectivity index (χ0v) is 15.0. The number of nitrogens with one attached hydrogen (secondary N) is 2. The summed E-state index contributed by atoms with van der Waals surface area (Å²) >= 11 is 0. The summed E-state index contributed by atoms with van der Waals surface area (Å²) in [6.45, 7) is 5.09. The van der Waals surface area contributed by atoms with Crippen LogP contribution in [-0.4, -0.2) is 40.9 Å². The summed E-state index contributed by atoms with van der Waals surface area (Å²) in [5, 5.41) is 16.8. The van der Waals surface area contributed by atoms with Gasteiger partial charge in [-0.25, -0.2) is 0 Å². The van der Waals surface area contributed by atoms with Crippen LogP contribution < -0.4 is 10.6 Å². The number of guanidine groups is 1. The highest BCUT2D eigenvalue weighted by Crippen LogP contribution is 2.29. The molecule has 6 heteroatoms. The minimum atomic E-state index is -0.581. The molecule has 1 aromatic heterocycles. The van der Waals surface area contributed by atoms with Crippen molar-refractivity contribution in [1.82, 2.24) is 15.2 Å². The van der Waals surface area contributed by atoms with Crippen LogP contribution in [-0.2, 0) is 6.54 Å². The predicted octanol–water partition coefficient (Wildman–Crippen LogP) is 1.97. The highest BCUT2D eigenvalue weighted by atomic mass is 127. The van der Waals surface area contributed by atoms with Gasteiger partial charge in [-0.15, -0.1) is 24.0 Å². The van der Waals surface area contributed by atoms with Crippen LogP contribution in [0.25, 0.3) is 0 Å². The Balaban J connectivity index is 0.00000220. The van der Waals surface area contributed by atoms with Crippen molar-refractivity contribution in [3.05, 3.63) is 24.5 Å². The summed E-state index contributed by atoms with van der Waals surface area (Å²) in [7, 11) is 0. The molecule has 1 aromatic rings. The smallest absolute Gasteiger partial charge is 0.191 e. The van der Waals surface area contributed by atoms with E-state index >= 15 is 0 Å². The minimum Gasteiger partial charge on any atom is -0.388 e. The molecule has 0 atom stereocenters. The largest absolute Gasteiger partial charge is 0.388 e. The Kier molecular flexibility index (Phi) is 8.10. The average Bonchev–Trinajstić information content (AvgIpc) is 3.08. The van der Waals surface area contributed by atoms with E-state index in [0.29, 0.717) is 6.54 Å². The van der Waals surface area contributed by atoms with Crippen LogP contribution >= 0.6 is 24.0 Å². The van der Waals surface area contributed by atoms with Gasteiger partial charge in [-0.2, -0.15) is 0 Å². The molecule has 1 fully saturated rings. The number of nitrogens with zero attached hydrogens (tertiary/aromatic N) is 2. The third-order valence-electron chi connectivity index (χ3n) is 3.74. The van der Waals surface area contributed by atoms with E-state index in [9.17, 15) is 5.11 Å². The number of aliphatic imine (C=N–C) groups is 1. The Morgan fingerprint density at radius 2 is 1.90 bits per heavy atom. The fourth-order valence-corrected chi connectivity index (χ4v) is 2.58. The van der Waals surface area contributed by atoms with E-state index in [4.69, 9.17) is 0 Å². The number of aromatic nitrogens is 1. The number of hydrogen-bond donors (Lipinski definition) is 3. The van der Waals surface area contributed by atoms with Crippen molar-refractivity contribution in [2.45, 2.75) is 44.8 Å². The van der Waals surface area contributed by atoms with Crippen LogP contribution in [0.2, 0.25) is 0 Å². The first-order chi connectivity index (χ1) is 9.72. The maximum absolute atomic E-state index is 10.3. The van der Waals surface area contributed by atoms with Gasteiger partial charge in [-0.1, -0.05) is 12.8 Å². The van der Waals surface area contributed by atoms with E-state index in [2.05, 4.69) is 20.2 Å². The normalized spacial score (nSPS) is 17.3. The van der Waals surface area contributed by atoms with E-state index in [1.54, 1.807) is 0 Å². The molecule has 0 bridgehead atoms. The molecule has 0 unspecified atom stereocenters. The molecule has 0 amide bonds. The van der Waals surface area contributed by atoms with E-state index in [1.165, 1.54) is 0 Å². The molecule has 5 nitrogen and oxygen atoms in total. The molecule has 120 valence electrons. The van der Waals surface area contributed by atoms with Crippen molar-refractivity contribution in [2.24, 2.45) is 4.99 Å². The standard InChI is InChI=1S/C15H26N4O.HI/c1-2-16-14(17-9-12-19-10-5-6-11-19)18-13-15(20)7-3-4-8-15;/h5-6,10-11,20H,2-4,7-9,12-13H2,1H3,(H2,16,17,18);1H. The van der Waals surface area contributed by atoms with Gasteiger partial charge in [0.05, 0.1) is 12.1 Å². The number of halogens is 1. The van der Waals surface area contributed by atoms with Crippen molar-refractivity contribution < 1.29 is 5.11 Å². The van der Waals surface area contributed by atoms with Gasteiger partial charge in [-0.05, 0) is 31.9 Å². The molecule has 0 aromatic carbocycles. The lowest BCUT2D eigenvalue weighted by Gasteiger charge is -2.20. The quantitative estimate of drug-likeness (QED) is 0.385. The van der Waals surface area contributed by atoms with Crippen LogP contribution in [0.3, 0.4) is 0 Å². The maximum atomic E-state index is 10.3. The number of aliphatic hydroxyl groups is 1. The predicted molar refractivity (Wildman–Crippen MR) is 97.2 cm³/mol. The van der Waals surface area contributed by atoms with Crippen LogP contribution in [0.15, 0.2) is 29.5 Å². The third-order valence-corrected chi connectivity index (χ3v) is 3.74. The summed E-state index contributed by atoms with van der Waals surface area (Å²) in [4.78, 5) is 4.52. The number of rotatable bonds is 6. The second-order valence-corrected chi connectivity index (χ2v) is 5.47. The molecule has 0 saturated heterocycles. The lowest BCUT2D eigenvalue weighted by Crippen LogP contribution is -2.40. The molecule has 1 heterocycles. The molecule has 1 aliphatic carbocycles. The lowest BCUT2D eigenvalue weighted by molar-refractivity contribution is 0.0574. The van der Waals surface area contributed by atoms with Crippen LogP contribution in [0.5, 0.6) is 0 Å². The molecule has 1 saturated carbocycles. The summed E-state index contributed by atoms with van der Waals surface area (Å²) in [5.74, 6) is 0.792. The second-order valence-electron chi connectivity index (χ2n) is 5.47. The summed E-state index contributed by atoms with van der Waals surface area (Å²) in [6.07, 6.45) is 8.08. The highest BCUT2D eigenvalue weighted by Gasteiger charge is 2.30. The van der Waals surface area contributed by atoms with Crippen molar-refractivity contribution in [3.8, 4) is 0 Å². The molecule has 21 heavy (non-hydrogen) atoms. The van der Waals surface area contributed by atoms with Gasteiger partial charge < -0.3 is 20.3 Å². The SMILES string of the molecule is CCNC(=NCC1(O)CCCC1)NCCn1cccc1.I.